The summed E-state index contributed by atoms with van der Waals surface area (Å²) < 4.78 is 5.44. The summed E-state index contributed by atoms with van der Waals surface area (Å²) in [4.78, 5) is 22.8. The van der Waals surface area contributed by atoms with Crippen molar-refractivity contribution in [2.45, 2.75) is 52.2 Å². The van der Waals surface area contributed by atoms with Crippen LogP contribution in [0, 0.1) is 5.41 Å². The molecule has 6 nitrogen and oxygen atoms in total. The maximum atomic E-state index is 11.7. The third kappa shape index (κ3) is 5.46. The highest BCUT2D eigenvalue weighted by atomic mass is 16.5. The Morgan fingerprint density at radius 1 is 1.42 bits per heavy atom. The molecule has 0 bridgehead atoms. The minimum Gasteiger partial charge on any atom is -0.480 e. The van der Waals surface area contributed by atoms with E-state index in [1.165, 1.54) is 0 Å². The van der Waals surface area contributed by atoms with Gasteiger partial charge in [-0.25, -0.2) is 9.59 Å². The van der Waals surface area contributed by atoms with Crippen LogP contribution in [0.2, 0.25) is 0 Å². The third-order valence-electron chi connectivity index (χ3n) is 3.16. The molecular formula is C13H24N2O4. The van der Waals surface area contributed by atoms with Crippen molar-refractivity contribution < 1.29 is 19.4 Å². The number of hydrogen-bond donors (Lipinski definition) is 3. The van der Waals surface area contributed by atoms with E-state index in [4.69, 9.17) is 9.84 Å². The molecular weight excluding hydrogens is 248 g/mol. The fourth-order valence-corrected chi connectivity index (χ4v) is 2.05. The van der Waals surface area contributed by atoms with Crippen molar-refractivity contribution in [2.24, 2.45) is 5.41 Å². The number of carbonyl (C=O) groups excluding carboxylic acids is 1. The molecule has 0 saturated carbocycles. The van der Waals surface area contributed by atoms with Crippen molar-refractivity contribution in [2.75, 3.05) is 13.2 Å². The van der Waals surface area contributed by atoms with Crippen LogP contribution in [-0.2, 0) is 9.53 Å². The summed E-state index contributed by atoms with van der Waals surface area (Å²) in [5.74, 6) is -1.03. The molecule has 0 aromatic heterocycles. The van der Waals surface area contributed by atoms with E-state index >= 15 is 0 Å². The molecule has 1 aliphatic rings. The number of carboxylic acid groups (broad SMARTS) is 1. The van der Waals surface area contributed by atoms with Crippen molar-refractivity contribution in [1.29, 1.82) is 0 Å². The molecule has 0 radical (unpaired) electrons. The van der Waals surface area contributed by atoms with Gasteiger partial charge in [-0.1, -0.05) is 20.8 Å². The summed E-state index contributed by atoms with van der Waals surface area (Å²) in [6.07, 6.45) is 3.09. The van der Waals surface area contributed by atoms with Gasteiger partial charge in [-0.05, 0) is 24.7 Å². The van der Waals surface area contributed by atoms with Gasteiger partial charge in [-0.2, -0.15) is 0 Å². The smallest absolute Gasteiger partial charge is 0.326 e. The first kappa shape index (κ1) is 15.8. The second kappa shape index (κ2) is 6.75. The van der Waals surface area contributed by atoms with Crippen molar-refractivity contribution in [3.8, 4) is 0 Å². The zero-order valence-corrected chi connectivity index (χ0v) is 11.9. The number of nitrogens with one attached hydrogen (secondary N) is 2. The molecule has 19 heavy (non-hydrogen) atoms. The number of carbonyl (C=O) groups is 2. The van der Waals surface area contributed by atoms with E-state index in [0.29, 0.717) is 6.54 Å². The Hall–Kier alpha value is -1.30. The molecule has 6 heteroatoms. The zero-order chi connectivity index (χ0) is 14.5. The Labute approximate surface area is 113 Å². The molecule has 0 spiro atoms. The lowest BCUT2D eigenvalue weighted by Crippen LogP contribution is -2.52. The lowest BCUT2D eigenvalue weighted by molar-refractivity contribution is -0.141. The van der Waals surface area contributed by atoms with Gasteiger partial charge in [0, 0.05) is 13.2 Å². The van der Waals surface area contributed by atoms with Crippen LogP contribution in [0.25, 0.3) is 0 Å². The molecule has 1 rings (SSSR count). The maximum Gasteiger partial charge on any atom is 0.326 e. The first-order chi connectivity index (χ1) is 8.80. The number of carboxylic acids is 1. The third-order valence-corrected chi connectivity index (χ3v) is 3.16. The minimum atomic E-state index is -1.03. The molecule has 1 aliphatic heterocycles. The molecule has 3 N–H and O–H groups in total. The van der Waals surface area contributed by atoms with Gasteiger partial charge in [0.1, 0.15) is 6.04 Å². The van der Waals surface area contributed by atoms with E-state index in [1.54, 1.807) is 20.8 Å². The van der Waals surface area contributed by atoms with E-state index < -0.39 is 23.5 Å². The van der Waals surface area contributed by atoms with Crippen LogP contribution in [0.15, 0.2) is 0 Å². The fraction of sp³-hybridized carbons (Fsp3) is 0.846. The van der Waals surface area contributed by atoms with Crippen LogP contribution in [0.4, 0.5) is 4.79 Å². The summed E-state index contributed by atoms with van der Waals surface area (Å²) >= 11 is 0. The number of urea groups is 1. The molecule has 2 unspecified atom stereocenters. The van der Waals surface area contributed by atoms with Crippen molar-refractivity contribution >= 4 is 12.0 Å². The van der Waals surface area contributed by atoms with Crippen LogP contribution >= 0.6 is 0 Å². The summed E-state index contributed by atoms with van der Waals surface area (Å²) in [6, 6.07) is -1.35. The van der Waals surface area contributed by atoms with Gasteiger partial charge in [-0.15, -0.1) is 0 Å². The lowest BCUT2D eigenvalue weighted by atomic mass is 9.87. The van der Waals surface area contributed by atoms with Gasteiger partial charge in [0.15, 0.2) is 0 Å². The van der Waals surface area contributed by atoms with Crippen LogP contribution in [0.5, 0.6) is 0 Å². The first-order valence-corrected chi connectivity index (χ1v) is 6.69. The SMILES string of the molecule is CC(C)(C)C(NC(=O)NCCC1CCCO1)C(=O)O. The molecule has 110 valence electrons. The standard InChI is InChI=1S/C13H24N2O4/c1-13(2,3)10(11(16)17)15-12(18)14-7-6-9-5-4-8-19-9/h9-10H,4-8H2,1-3H3,(H,16,17)(H2,14,15,18). The summed E-state index contributed by atoms with van der Waals surface area (Å²) in [5.41, 5.74) is -0.530. The van der Waals surface area contributed by atoms with Gasteiger partial charge in [0.05, 0.1) is 6.10 Å². The highest BCUT2D eigenvalue weighted by Gasteiger charge is 2.32. The minimum absolute atomic E-state index is 0.221. The Bertz CT molecular complexity index is 319. The van der Waals surface area contributed by atoms with Gasteiger partial charge in [0.2, 0.25) is 0 Å². The maximum absolute atomic E-state index is 11.7. The second-order valence-electron chi connectivity index (χ2n) is 5.96. The second-order valence-corrected chi connectivity index (χ2v) is 5.96. The Balaban J connectivity index is 2.30. The Morgan fingerprint density at radius 2 is 2.11 bits per heavy atom. The zero-order valence-electron chi connectivity index (χ0n) is 11.9. The Kier molecular flexibility index (Phi) is 5.60. The number of rotatable bonds is 5. The lowest BCUT2D eigenvalue weighted by Gasteiger charge is -2.27. The van der Waals surface area contributed by atoms with Gasteiger partial charge in [-0.3, -0.25) is 0 Å². The molecule has 1 heterocycles. The Morgan fingerprint density at radius 3 is 2.58 bits per heavy atom. The quantitative estimate of drug-likeness (QED) is 0.705. The number of aliphatic carboxylic acids is 1. The van der Waals surface area contributed by atoms with E-state index in [0.717, 1.165) is 25.9 Å². The van der Waals surface area contributed by atoms with Gasteiger partial charge in [0.25, 0.3) is 0 Å². The van der Waals surface area contributed by atoms with E-state index in [2.05, 4.69) is 10.6 Å². The van der Waals surface area contributed by atoms with Gasteiger partial charge >= 0.3 is 12.0 Å². The van der Waals surface area contributed by atoms with Gasteiger partial charge < -0.3 is 20.5 Å². The number of amides is 2. The molecule has 2 amide bonds. The summed E-state index contributed by atoms with van der Waals surface area (Å²) in [6.45, 7) is 6.62. The fourth-order valence-electron chi connectivity index (χ4n) is 2.05. The number of ether oxygens (including phenoxy) is 1. The van der Waals surface area contributed by atoms with Crippen molar-refractivity contribution in [1.82, 2.24) is 10.6 Å². The average molecular weight is 272 g/mol. The monoisotopic (exact) mass is 272 g/mol. The topological polar surface area (TPSA) is 87.7 Å². The summed E-state index contributed by atoms with van der Waals surface area (Å²) in [5, 5.41) is 14.3. The van der Waals surface area contributed by atoms with E-state index in [-0.39, 0.29) is 6.10 Å². The van der Waals surface area contributed by atoms with Crippen LogP contribution in [0.3, 0.4) is 0 Å². The largest absolute Gasteiger partial charge is 0.480 e. The average Bonchev–Trinajstić information content (AvgIpc) is 2.77. The molecule has 2 atom stereocenters. The number of hydrogen-bond acceptors (Lipinski definition) is 3. The molecule has 0 aromatic rings. The highest BCUT2D eigenvalue weighted by molar-refractivity contribution is 5.83. The van der Waals surface area contributed by atoms with Crippen molar-refractivity contribution in [3.05, 3.63) is 0 Å². The molecule has 0 aromatic carbocycles. The van der Waals surface area contributed by atoms with E-state index in [1.807, 2.05) is 0 Å². The normalized spacial score (nSPS) is 20.9. The first-order valence-electron chi connectivity index (χ1n) is 6.69. The molecule has 0 aliphatic carbocycles. The molecule has 1 saturated heterocycles. The van der Waals surface area contributed by atoms with Crippen LogP contribution in [-0.4, -0.2) is 42.4 Å². The van der Waals surface area contributed by atoms with Crippen LogP contribution < -0.4 is 10.6 Å². The predicted molar refractivity (Wildman–Crippen MR) is 71.0 cm³/mol. The van der Waals surface area contributed by atoms with E-state index in [9.17, 15) is 9.59 Å². The van der Waals surface area contributed by atoms with Crippen LogP contribution in [0.1, 0.15) is 40.0 Å². The molecule has 1 fully saturated rings. The predicted octanol–water partition coefficient (Wildman–Crippen LogP) is 1.35. The van der Waals surface area contributed by atoms with Crippen molar-refractivity contribution in [3.63, 3.8) is 0 Å². The highest BCUT2D eigenvalue weighted by Crippen LogP contribution is 2.19. The summed E-state index contributed by atoms with van der Waals surface area (Å²) in [7, 11) is 0.